The Labute approximate surface area is 124 Å². The van der Waals surface area contributed by atoms with E-state index >= 15 is 0 Å². The van der Waals surface area contributed by atoms with Crippen molar-refractivity contribution in [3.63, 3.8) is 0 Å². The van der Waals surface area contributed by atoms with Gasteiger partial charge in [-0.2, -0.15) is 0 Å². The monoisotopic (exact) mass is 288 g/mol. The summed E-state index contributed by atoms with van der Waals surface area (Å²) in [5.41, 5.74) is 2.99. The van der Waals surface area contributed by atoms with Gasteiger partial charge in [0.25, 0.3) is 0 Å². The van der Waals surface area contributed by atoms with E-state index in [1.54, 1.807) is 18.2 Å². The van der Waals surface area contributed by atoms with Crippen molar-refractivity contribution >= 4 is 11.9 Å². The molecular formula is C17H20O4. The second kappa shape index (κ2) is 5.72. The van der Waals surface area contributed by atoms with Crippen LogP contribution in [0, 0.1) is 0 Å². The van der Waals surface area contributed by atoms with Crippen LogP contribution in [0.15, 0.2) is 29.8 Å². The summed E-state index contributed by atoms with van der Waals surface area (Å²) in [6.07, 6.45) is 3.76. The molecule has 1 aliphatic carbocycles. The minimum Gasteiger partial charge on any atom is -0.478 e. The van der Waals surface area contributed by atoms with E-state index in [0.717, 1.165) is 29.5 Å². The quantitative estimate of drug-likeness (QED) is 0.670. The van der Waals surface area contributed by atoms with Crippen LogP contribution in [0.1, 0.15) is 48.7 Å². The number of allylic oxidation sites excluding steroid dienone is 1. The van der Waals surface area contributed by atoms with Gasteiger partial charge in [0.15, 0.2) is 0 Å². The van der Waals surface area contributed by atoms with Crippen molar-refractivity contribution in [1.29, 1.82) is 0 Å². The van der Waals surface area contributed by atoms with Gasteiger partial charge in [0.05, 0.1) is 5.56 Å². The molecule has 21 heavy (non-hydrogen) atoms. The molecule has 4 heteroatoms. The number of carboxylic acids is 1. The fourth-order valence-electron chi connectivity index (χ4n) is 2.41. The molecule has 0 unspecified atom stereocenters. The van der Waals surface area contributed by atoms with Crippen LogP contribution in [-0.2, 0) is 22.4 Å². The average Bonchev–Trinajstić information content (AvgIpc) is 2.35. The fourth-order valence-corrected chi connectivity index (χ4v) is 2.41. The number of fused-ring (bicyclic) bond motifs is 1. The van der Waals surface area contributed by atoms with E-state index in [4.69, 9.17) is 9.84 Å². The predicted octanol–water partition coefficient (Wildman–Crippen LogP) is 3.14. The number of hydrogen-bond acceptors (Lipinski definition) is 3. The topological polar surface area (TPSA) is 63.6 Å². The van der Waals surface area contributed by atoms with Crippen LogP contribution in [0.5, 0.6) is 0 Å². The maximum atomic E-state index is 11.8. The third kappa shape index (κ3) is 4.18. The number of hydrogen-bond donors (Lipinski definition) is 1. The first-order valence-corrected chi connectivity index (χ1v) is 7.02. The molecule has 0 saturated carbocycles. The minimum atomic E-state index is -0.909. The van der Waals surface area contributed by atoms with E-state index in [-0.39, 0.29) is 5.97 Å². The molecule has 0 amide bonds. The number of aryl methyl sites for hydroxylation is 1. The van der Waals surface area contributed by atoms with E-state index < -0.39 is 11.6 Å². The Morgan fingerprint density at radius 1 is 1.19 bits per heavy atom. The second-order valence-electron chi connectivity index (χ2n) is 6.30. The molecule has 0 saturated heterocycles. The first-order chi connectivity index (χ1) is 9.74. The number of carbonyl (C=O) groups is 2. The smallest absolute Gasteiger partial charge is 0.335 e. The summed E-state index contributed by atoms with van der Waals surface area (Å²) in [5.74, 6) is -1.23. The number of carbonyl (C=O) groups excluding carboxylic acids is 1. The highest BCUT2D eigenvalue weighted by molar-refractivity contribution is 5.88. The maximum absolute atomic E-state index is 11.8. The first kappa shape index (κ1) is 15.3. The molecule has 0 aliphatic heterocycles. The zero-order valence-corrected chi connectivity index (χ0v) is 12.6. The molecule has 0 radical (unpaired) electrons. The molecule has 0 heterocycles. The Morgan fingerprint density at radius 2 is 1.90 bits per heavy atom. The molecule has 4 nitrogen and oxygen atoms in total. The molecule has 2 rings (SSSR count). The lowest BCUT2D eigenvalue weighted by Gasteiger charge is -2.21. The molecule has 0 bridgehead atoms. The van der Waals surface area contributed by atoms with Crippen molar-refractivity contribution in [2.24, 2.45) is 0 Å². The van der Waals surface area contributed by atoms with Crippen LogP contribution in [-0.4, -0.2) is 22.6 Å². The van der Waals surface area contributed by atoms with Crippen LogP contribution < -0.4 is 0 Å². The summed E-state index contributed by atoms with van der Waals surface area (Å²) in [6.45, 7) is 5.52. The van der Waals surface area contributed by atoms with Crippen LogP contribution in [0.3, 0.4) is 0 Å². The summed E-state index contributed by atoms with van der Waals surface area (Å²) >= 11 is 0. The molecule has 0 aromatic heterocycles. The van der Waals surface area contributed by atoms with Gasteiger partial charge in [0.1, 0.15) is 5.60 Å². The van der Waals surface area contributed by atoms with E-state index in [1.807, 2.05) is 26.8 Å². The first-order valence-electron chi connectivity index (χ1n) is 7.02. The number of rotatable bonds is 2. The van der Waals surface area contributed by atoms with E-state index in [0.29, 0.717) is 12.0 Å². The van der Waals surface area contributed by atoms with E-state index in [1.165, 1.54) is 0 Å². The molecule has 1 aliphatic rings. The van der Waals surface area contributed by atoms with Crippen molar-refractivity contribution in [1.82, 2.24) is 0 Å². The summed E-state index contributed by atoms with van der Waals surface area (Å²) in [4.78, 5) is 22.8. The zero-order chi connectivity index (χ0) is 15.6. The van der Waals surface area contributed by atoms with Gasteiger partial charge in [-0.25, -0.2) is 9.59 Å². The maximum Gasteiger partial charge on any atom is 0.335 e. The Kier molecular flexibility index (Phi) is 4.16. The third-order valence-electron chi connectivity index (χ3n) is 3.31. The number of carboxylic acid groups (broad SMARTS) is 1. The fraction of sp³-hybridized carbons (Fsp3) is 0.412. The number of benzene rings is 1. The highest BCUT2D eigenvalue weighted by Gasteiger charge is 2.18. The summed E-state index contributed by atoms with van der Waals surface area (Å²) in [6, 6.07) is 5.17. The Morgan fingerprint density at radius 3 is 2.52 bits per heavy atom. The average molecular weight is 288 g/mol. The van der Waals surface area contributed by atoms with Crippen LogP contribution in [0.4, 0.5) is 0 Å². The van der Waals surface area contributed by atoms with Gasteiger partial charge in [-0.1, -0.05) is 11.6 Å². The van der Waals surface area contributed by atoms with E-state index in [9.17, 15) is 9.59 Å². The third-order valence-corrected chi connectivity index (χ3v) is 3.31. The number of esters is 1. The molecule has 0 fully saturated rings. The second-order valence-corrected chi connectivity index (χ2v) is 6.30. The Hall–Kier alpha value is -2.10. The van der Waals surface area contributed by atoms with Gasteiger partial charge in [-0.05, 0) is 63.3 Å². The molecule has 0 spiro atoms. The van der Waals surface area contributed by atoms with Crippen LogP contribution in [0.25, 0.3) is 0 Å². The molecule has 1 N–H and O–H groups in total. The van der Waals surface area contributed by atoms with Crippen molar-refractivity contribution in [3.05, 3.63) is 46.5 Å². The van der Waals surface area contributed by atoms with Gasteiger partial charge in [-0.15, -0.1) is 0 Å². The molecule has 112 valence electrons. The lowest BCUT2D eigenvalue weighted by molar-refractivity contribution is -0.148. The standard InChI is InChI=1S/C17H20O4/c1-17(2,3)21-15(18)9-11-4-5-13-10-14(16(19)20)7-6-12(13)8-11/h6-7,9-10H,4-5,8H2,1-3H3,(H,19,20)/b11-9+. The Bertz CT molecular complexity index is 606. The van der Waals surface area contributed by atoms with Crippen molar-refractivity contribution in [3.8, 4) is 0 Å². The SMILES string of the molecule is CC(C)(C)OC(=O)/C=C1\CCc2cc(C(=O)O)ccc2C1. The van der Waals surface area contributed by atoms with Gasteiger partial charge >= 0.3 is 11.9 Å². The van der Waals surface area contributed by atoms with Crippen molar-refractivity contribution in [2.45, 2.75) is 45.6 Å². The normalized spacial score (nSPS) is 16.4. The highest BCUT2D eigenvalue weighted by atomic mass is 16.6. The van der Waals surface area contributed by atoms with Crippen LogP contribution >= 0.6 is 0 Å². The summed E-state index contributed by atoms with van der Waals surface area (Å²) in [7, 11) is 0. The van der Waals surface area contributed by atoms with E-state index in [2.05, 4.69) is 0 Å². The summed E-state index contributed by atoms with van der Waals surface area (Å²) in [5, 5.41) is 8.99. The Balaban J connectivity index is 2.13. The number of aromatic carboxylic acids is 1. The predicted molar refractivity (Wildman–Crippen MR) is 79.4 cm³/mol. The lowest BCUT2D eigenvalue weighted by atomic mass is 9.87. The van der Waals surface area contributed by atoms with Gasteiger partial charge < -0.3 is 9.84 Å². The lowest BCUT2D eigenvalue weighted by Crippen LogP contribution is -2.23. The number of ether oxygens (including phenoxy) is 1. The zero-order valence-electron chi connectivity index (χ0n) is 12.6. The van der Waals surface area contributed by atoms with Crippen molar-refractivity contribution < 1.29 is 19.4 Å². The molecule has 1 aromatic rings. The summed E-state index contributed by atoms with van der Waals surface area (Å²) < 4.78 is 5.29. The van der Waals surface area contributed by atoms with Crippen LogP contribution in [0.2, 0.25) is 0 Å². The molecule has 0 atom stereocenters. The van der Waals surface area contributed by atoms with Gasteiger partial charge in [0, 0.05) is 6.08 Å². The van der Waals surface area contributed by atoms with Gasteiger partial charge in [0.2, 0.25) is 0 Å². The molecule has 1 aromatic carbocycles. The molecular weight excluding hydrogens is 268 g/mol. The highest BCUT2D eigenvalue weighted by Crippen LogP contribution is 2.26. The van der Waals surface area contributed by atoms with Crippen molar-refractivity contribution in [2.75, 3.05) is 0 Å². The van der Waals surface area contributed by atoms with Gasteiger partial charge in [-0.3, -0.25) is 0 Å². The minimum absolute atomic E-state index is 0.313. The largest absolute Gasteiger partial charge is 0.478 e.